The molecule has 2 aromatic rings. The Bertz CT molecular complexity index is 674. The zero-order chi connectivity index (χ0) is 13.9. The maximum atomic E-state index is 13.5. The van der Waals surface area contributed by atoms with Crippen LogP contribution in [0.15, 0.2) is 18.2 Å². The van der Waals surface area contributed by atoms with E-state index in [0.29, 0.717) is 5.82 Å². The summed E-state index contributed by atoms with van der Waals surface area (Å²) in [5.74, 6) is 1.34. The van der Waals surface area contributed by atoms with Crippen molar-refractivity contribution in [3.63, 3.8) is 0 Å². The number of halogens is 1. The van der Waals surface area contributed by atoms with Gasteiger partial charge in [-0.15, -0.1) is 10.2 Å². The van der Waals surface area contributed by atoms with E-state index in [2.05, 4.69) is 10.2 Å². The van der Waals surface area contributed by atoms with Gasteiger partial charge in [0, 0.05) is 13.0 Å². The number of aryl methyl sites for hydroxylation is 1. The summed E-state index contributed by atoms with van der Waals surface area (Å²) >= 11 is 0. The molecule has 0 atom stereocenters. The first-order chi connectivity index (χ1) is 9.79. The summed E-state index contributed by atoms with van der Waals surface area (Å²) in [4.78, 5) is 0. The smallest absolute Gasteiger partial charge is 0.171 e. The summed E-state index contributed by atoms with van der Waals surface area (Å²) in [5, 5.41) is 17.2. The van der Waals surface area contributed by atoms with E-state index in [1.54, 1.807) is 6.07 Å². The molecule has 0 fully saturated rings. The van der Waals surface area contributed by atoms with Gasteiger partial charge in [-0.2, -0.15) is 5.26 Å². The first-order valence-electron chi connectivity index (χ1n) is 6.52. The van der Waals surface area contributed by atoms with E-state index in [0.717, 1.165) is 31.6 Å². The van der Waals surface area contributed by atoms with Gasteiger partial charge in [-0.3, -0.25) is 0 Å². The first kappa shape index (κ1) is 12.6. The Balaban J connectivity index is 1.79. The van der Waals surface area contributed by atoms with Crippen LogP contribution in [0.3, 0.4) is 0 Å². The van der Waals surface area contributed by atoms with Crippen molar-refractivity contribution in [1.29, 1.82) is 5.26 Å². The SMILES string of the molecule is N#Cc1c(F)cccc1OCc1nnc2n1CCCC2. The molecule has 102 valence electrons. The summed E-state index contributed by atoms with van der Waals surface area (Å²) in [6, 6.07) is 6.15. The molecule has 1 aliphatic rings. The van der Waals surface area contributed by atoms with Crippen LogP contribution in [0.2, 0.25) is 0 Å². The second-order valence-electron chi connectivity index (χ2n) is 4.65. The van der Waals surface area contributed by atoms with Crippen LogP contribution in [-0.2, 0) is 19.6 Å². The van der Waals surface area contributed by atoms with Crippen molar-refractivity contribution in [1.82, 2.24) is 14.8 Å². The summed E-state index contributed by atoms with van der Waals surface area (Å²) in [6.45, 7) is 1.07. The number of hydrogen-bond donors (Lipinski definition) is 0. The van der Waals surface area contributed by atoms with E-state index < -0.39 is 5.82 Å². The first-order valence-corrected chi connectivity index (χ1v) is 6.52. The van der Waals surface area contributed by atoms with Crippen LogP contribution in [0, 0.1) is 17.1 Å². The topological polar surface area (TPSA) is 63.7 Å². The minimum atomic E-state index is -0.576. The van der Waals surface area contributed by atoms with Crippen LogP contribution < -0.4 is 4.74 Å². The third-order valence-corrected chi connectivity index (χ3v) is 3.38. The standard InChI is InChI=1S/C14H13FN4O/c15-11-4-3-5-12(10(11)8-16)20-9-14-18-17-13-6-1-2-7-19(13)14/h3-5H,1-2,6-7,9H2. The van der Waals surface area contributed by atoms with Gasteiger partial charge in [0.15, 0.2) is 5.82 Å². The molecule has 0 N–H and O–H groups in total. The lowest BCUT2D eigenvalue weighted by Gasteiger charge is -2.15. The van der Waals surface area contributed by atoms with E-state index in [9.17, 15) is 4.39 Å². The van der Waals surface area contributed by atoms with Gasteiger partial charge in [0.1, 0.15) is 35.6 Å². The zero-order valence-corrected chi connectivity index (χ0v) is 10.8. The molecule has 3 rings (SSSR count). The second-order valence-corrected chi connectivity index (χ2v) is 4.65. The van der Waals surface area contributed by atoms with Crippen molar-refractivity contribution in [3.05, 3.63) is 41.2 Å². The van der Waals surface area contributed by atoms with Gasteiger partial charge in [0.2, 0.25) is 0 Å². The summed E-state index contributed by atoms with van der Waals surface area (Å²) < 4.78 is 21.0. The second kappa shape index (κ2) is 5.29. The van der Waals surface area contributed by atoms with Crippen molar-refractivity contribution in [3.8, 4) is 11.8 Å². The molecule has 0 spiro atoms. The molecular weight excluding hydrogens is 259 g/mol. The maximum Gasteiger partial charge on any atom is 0.171 e. The van der Waals surface area contributed by atoms with Gasteiger partial charge in [0.05, 0.1) is 0 Å². The fourth-order valence-corrected chi connectivity index (χ4v) is 2.35. The van der Waals surface area contributed by atoms with Crippen molar-refractivity contribution >= 4 is 0 Å². The van der Waals surface area contributed by atoms with Crippen molar-refractivity contribution in [2.24, 2.45) is 0 Å². The van der Waals surface area contributed by atoms with Gasteiger partial charge in [-0.1, -0.05) is 6.07 Å². The lowest BCUT2D eigenvalue weighted by atomic mass is 10.2. The summed E-state index contributed by atoms with van der Waals surface area (Å²) in [6.07, 6.45) is 3.15. The average Bonchev–Trinajstić information content (AvgIpc) is 2.88. The Morgan fingerprint density at radius 1 is 1.35 bits per heavy atom. The highest BCUT2D eigenvalue weighted by Crippen LogP contribution is 2.22. The molecule has 1 aromatic carbocycles. The number of rotatable bonds is 3. The van der Waals surface area contributed by atoms with Gasteiger partial charge < -0.3 is 9.30 Å². The lowest BCUT2D eigenvalue weighted by molar-refractivity contribution is 0.284. The van der Waals surface area contributed by atoms with Gasteiger partial charge in [-0.25, -0.2) is 4.39 Å². The van der Waals surface area contributed by atoms with Crippen LogP contribution in [0.1, 0.15) is 30.1 Å². The number of aromatic nitrogens is 3. The van der Waals surface area contributed by atoms with E-state index >= 15 is 0 Å². The third kappa shape index (κ3) is 2.23. The Hall–Kier alpha value is -2.42. The monoisotopic (exact) mass is 272 g/mol. The molecule has 0 bridgehead atoms. The molecule has 6 heteroatoms. The molecule has 5 nitrogen and oxygen atoms in total. The molecule has 0 radical (unpaired) electrons. The van der Waals surface area contributed by atoms with E-state index in [1.807, 2.05) is 10.6 Å². The number of hydrogen-bond acceptors (Lipinski definition) is 4. The number of ether oxygens (including phenoxy) is 1. The molecule has 0 unspecified atom stereocenters. The molecule has 1 aliphatic heterocycles. The van der Waals surface area contributed by atoms with E-state index in [1.165, 1.54) is 12.1 Å². The Labute approximate surface area is 115 Å². The molecule has 1 aromatic heterocycles. The number of benzene rings is 1. The van der Waals surface area contributed by atoms with Gasteiger partial charge >= 0.3 is 0 Å². The van der Waals surface area contributed by atoms with Crippen LogP contribution in [0.5, 0.6) is 5.75 Å². The Morgan fingerprint density at radius 3 is 3.10 bits per heavy atom. The molecule has 20 heavy (non-hydrogen) atoms. The van der Waals surface area contributed by atoms with Crippen LogP contribution in [0.25, 0.3) is 0 Å². The molecule has 2 heterocycles. The molecule has 0 amide bonds. The Kier molecular flexibility index (Phi) is 3.33. The molecule has 0 saturated carbocycles. The highest BCUT2D eigenvalue weighted by atomic mass is 19.1. The van der Waals surface area contributed by atoms with Crippen LogP contribution >= 0.6 is 0 Å². The van der Waals surface area contributed by atoms with Crippen LogP contribution in [-0.4, -0.2) is 14.8 Å². The van der Waals surface area contributed by atoms with Crippen molar-refractivity contribution in [2.75, 3.05) is 0 Å². The maximum absolute atomic E-state index is 13.5. The largest absolute Gasteiger partial charge is 0.484 e. The predicted molar refractivity (Wildman–Crippen MR) is 68.4 cm³/mol. The number of fused-ring (bicyclic) bond motifs is 1. The fourth-order valence-electron chi connectivity index (χ4n) is 2.35. The van der Waals surface area contributed by atoms with Crippen LogP contribution in [0.4, 0.5) is 4.39 Å². The molecule has 0 saturated heterocycles. The zero-order valence-electron chi connectivity index (χ0n) is 10.8. The van der Waals surface area contributed by atoms with Gasteiger partial charge in [0.25, 0.3) is 0 Å². The minimum absolute atomic E-state index is 0.0779. The average molecular weight is 272 g/mol. The summed E-state index contributed by atoms with van der Waals surface area (Å²) in [7, 11) is 0. The quantitative estimate of drug-likeness (QED) is 0.859. The molecule has 0 aliphatic carbocycles. The Morgan fingerprint density at radius 2 is 2.25 bits per heavy atom. The number of nitriles is 1. The normalized spacial score (nSPS) is 13.6. The number of nitrogens with zero attached hydrogens (tertiary/aromatic N) is 4. The van der Waals surface area contributed by atoms with E-state index in [-0.39, 0.29) is 17.9 Å². The van der Waals surface area contributed by atoms with Crippen molar-refractivity contribution in [2.45, 2.75) is 32.4 Å². The minimum Gasteiger partial charge on any atom is -0.484 e. The van der Waals surface area contributed by atoms with E-state index in [4.69, 9.17) is 10.00 Å². The predicted octanol–water partition coefficient (Wildman–Crippen LogP) is 2.20. The van der Waals surface area contributed by atoms with Gasteiger partial charge in [-0.05, 0) is 25.0 Å². The highest BCUT2D eigenvalue weighted by molar-refractivity contribution is 5.43. The highest BCUT2D eigenvalue weighted by Gasteiger charge is 2.17. The lowest BCUT2D eigenvalue weighted by Crippen LogP contribution is -2.14. The summed E-state index contributed by atoms with van der Waals surface area (Å²) in [5.41, 5.74) is -0.0779. The third-order valence-electron chi connectivity index (χ3n) is 3.38. The fraction of sp³-hybridized carbons (Fsp3) is 0.357. The molecular formula is C14H13FN4O. The van der Waals surface area contributed by atoms with Crippen molar-refractivity contribution < 1.29 is 9.13 Å².